The lowest BCUT2D eigenvalue weighted by Gasteiger charge is -2.38. The minimum atomic E-state index is -0.288. The fourth-order valence-electron chi connectivity index (χ4n) is 3.41. The van der Waals surface area contributed by atoms with Gasteiger partial charge in [-0.2, -0.15) is 0 Å². The summed E-state index contributed by atoms with van der Waals surface area (Å²) in [5, 5.41) is 2.89. The van der Waals surface area contributed by atoms with Gasteiger partial charge in [-0.05, 0) is 37.5 Å². The van der Waals surface area contributed by atoms with Gasteiger partial charge in [0.2, 0.25) is 5.91 Å². The van der Waals surface area contributed by atoms with Crippen molar-refractivity contribution in [2.75, 3.05) is 32.8 Å². The predicted octanol–water partition coefficient (Wildman–Crippen LogP) is 1.15. The van der Waals surface area contributed by atoms with E-state index in [1.807, 2.05) is 11.8 Å². The number of amides is 2. The highest BCUT2D eigenvalue weighted by Crippen LogP contribution is 2.16. The molecule has 7 heteroatoms. The Labute approximate surface area is 153 Å². The first kappa shape index (κ1) is 18.8. The molecule has 0 aromatic heterocycles. The van der Waals surface area contributed by atoms with Gasteiger partial charge in [-0.15, -0.1) is 0 Å². The van der Waals surface area contributed by atoms with Crippen LogP contribution in [0, 0.1) is 5.82 Å². The molecular weight excluding hydrogens is 337 g/mol. The molecule has 2 saturated heterocycles. The van der Waals surface area contributed by atoms with Crippen LogP contribution in [0.4, 0.5) is 4.39 Å². The highest BCUT2D eigenvalue weighted by molar-refractivity contribution is 5.82. The third-order valence-corrected chi connectivity index (χ3v) is 5.14. The minimum Gasteiger partial charge on any atom is -0.368 e. The second-order valence-electron chi connectivity index (χ2n) is 6.88. The Bertz CT molecular complexity index is 623. The number of carbonyl (C=O) groups is 2. The van der Waals surface area contributed by atoms with Crippen molar-refractivity contribution < 1.29 is 18.7 Å². The molecule has 6 nitrogen and oxygen atoms in total. The zero-order valence-electron chi connectivity index (χ0n) is 15.1. The summed E-state index contributed by atoms with van der Waals surface area (Å²) in [6.07, 6.45) is 1.47. The summed E-state index contributed by atoms with van der Waals surface area (Å²) in [7, 11) is 0. The van der Waals surface area contributed by atoms with E-state index in [0.29, 0.717) is 39.3 Å². The molecule has 1 aromatic rings. The summed E-state index contributed by atoms with van der Waals surface area (Å²) >= 11 is 0. The molecular formula is C19H26FN3O3. The Hall–Kier alpha value is -1.99. The topological polar surface area (TPSA) is 61.9 Å². The van der Waals surface area contributed by atoms with Crippen LogP contribution in [0.25, 0.3) is 0 Å². The first-order valence-corrected chi connectivity index (χ1v) is 9.21. The number of halogens is 1. The SMILES string of the molecule is CC(C(=O)NCc1ccc(F)cc1)N1CCN(C(=O)C2CCCO2)CC1. The van der Waals surface area contributed by atoms with Crippen molar-refractivity contribution >= 4 is 11.8 Å². The fourth-order valence-corrected chi connectivity index (χ4v) is 3.41. The van der Waals surface area contributed by atoms with Crippen LogP contribution in [0.15, 0.2) is 24.3 Å². The van der Waals surface area contributed by atoms with Crippen LogP contribution in [-0.2, 0) is 20.9 Å². The van der Waals surface area contributed by atoms with E-state index in [4.69, 9.17) is 4.74 Å². The van der Waals surface area contributed by atoms with Gasteiger partial charge in [0.25, 0.3) is 5.91 Å². The molecule has 1 aromatic carbocycles. The van der Waals surface area contributed by atoms with Gasteiger partial charge in [0, 0.05) is 39.3 Å². The fraction of sp³-hybridized carbons (Fsp3) is 0.579. The first-order valence-electron chi connectivity index (χ1n) is 9.21. The average Bonchev–Trinajstić information content (AvgIpc) is 3.21. The molecule has 0 radical (unpaired) electrons. The molecule has 0 saturated carbocycles. The quantitative estimate of drug-likeness (QED) is 0.853. The molecule has 2 amide bonds. The number of hydrogen-bond acceptors (Lipinski definition) is 4. The third kappa shape index (κ3) is 4.59. The smallest absolute Gasteiger partial charge is 0.251 e. The molecule has 0 aliphatic carbocycles. The van der Waals surface area contributed by atoms with Crippen molar-refractivity contribution in [2.24, 2.45) is 0 Å². The van der Waals surface area contributed by atoms with Crippen molar-refractivity contribution in [2.45, 2.75) is 38.5 Å². The van der Waals surface area contributed by atoms with Gasteiger partial charge in [0.15, 0.2) is 0 Å². The van der Waals surface area contributed by atoms with Gasteiger partial charge < -0.3 is 15.0 Å². The third-order valence-electron chi connectivity index (χ3n) is 5.14. The monoisotopic (exact) mass is 363 g/mol. The van der Waals surface area contributed by atoms with E-state index in [1.165, 1.54) is 12.1 Å². The Morgan fingerprint density at radius 3 is 2.54 bits per heavy atom. The number of nitrogens with zero attached hydrogens (tertiary/aromatic N) is 2. The molecule has 2 atom stereocenters. The van der Waals surface area contributed by atoms with Gasteiger partial charge in [0.1, 0.15) is 11.9 Å². The number of rotatable bonds is 5. The highest BCUT2D eigenvalue weighted by Gasteiger charge is 2.32. The summed E-state index contributed by atoms with van der Waals surface area (Å²) in [6, 6.07) is 5.83. The van der Waals surface area contributed by atoms with Crippen molar-refractivity contribution in [1.82, 2.24) is 15.1 Å². The average molecular weight is 363 g/mol. The molecule has 26 heavy (non-hydrogen) atoms. The van der Waals surface area contributed by atoms with Gasteiger partial charge in [0.05, 0.1) is 6.04 Å². The maximum absolute atomic E-state index is 12.9. The Kier molecular flexibility index (Phi) is 6.21. The van der Waals surface area contributed by atoms with Crippen LogP contribution >= 0.6 is 0 Å². The highest BCUT2D eigenvalue weighted by atomic mass is 19.1. The first-order chi connectivity index (χ1) is 12.5. The van der Waals surface area contributed by atoms with Crippen LogP contribution in [0.2, 0.25) is 0 Å². The summed E-state index contributed by atoms with van der Waals surface area (Å²) < 4.78 is 18.4. The largest absolute Gasteiger partial charge is 0.368 e. The maximum Gasteiger partial charge on any atom is 0.251 e. The van der Waals surface area contributed by atoms with E-state index < -0.39 is 0 Å². The van der Waals surface area contributed by atoms with E-state index in [2.05, 4.69) is 10.2 Å². The number of carbonyl (C=O) groups excluding carboxylic acids is 2. The number of piperazine rings is 1. The summed E-state index contributed by atoms with van der Waals surface area (Å²) in [6.45, 7) is 5.50. The van der Waals surface area contributed by atoms with Crippen LogP contribution in [0.5, 0.6) is 0 Å². The molecule has 2 aliphatic rings. The Morgan fingerprint density at radius 1 is 1.23 bits per heavy atom. The van der Waals surface area contributed by atoms with Crippen LogP contribution in [0.1, 0.15) is 25.3 Å². The molecule has 0 spiro atoms. The van der Waals surface area contributed by atoms with E-state index in [-0.39, 0.29) is 29.8 Å². The summed E-state index contributed by atoms with van der Waals surface area (Å²) in [5.41, 5.74) is 0.860. The molecule has 2 unspecified atom stereocenters. The number of hydrogen-bond donors (Lipinski definition) is 1. The van der Waals surface area contributed by atoms with Crippen molar-refractivity contribution in [3.8, 4) is 0 Å². The lowest BCUT2D eigenvalue weighted by atomic mass is 10.1. The Morgan fingerprint density at radius 2 is 1.92 bits per heavy atom. The van der Waals surface area contributed by atoms with E-state index >= 15 is 0 Å². The van der Waals surface area contributed by atoms with Gasteiger partial charge >= 0.3 is 0 Å². The lowest BCUT2D eigenvalue weighted by molar-refractivity contribution is -0.143. The van der Waals surface area contributed by atoms with Crippen LogP contribution < -0.4 is 5.32 Å². The standard InChI is InChI=1S/C19H26FN3O3/c1-14(18(24)21-13-15-4-6-16(20)7-5-15)22-8-10-23(11-9-22)19(25)17-3-2-12-26-17/h4-7,14,17H,2-3,8-13H2,1H3,(H,21,24). The van der Waals surface area contributed by atoms with E-state index in [1.54, 1.807) is 12.1 Å². The maximum atomic E-state index is 12.9. The second kappa shape index (κ2) is 8.60. The molecule has 3 rings (SSSR count). The molecule has 1 N–H and O–H groups in total. The molecule has 2 fully saturated rings. The summed E-state index contributed by atoms with van der Waals surface area (Å²) in [4.78, 5) is 28.7. The van der Waals surface area contributed by atoms with Crippen molar-refractivity contribution in [3.05, 3.63) is 35.6 Å². The lowest BCUT2D eigenvalue weighted by Crippen LogP contribution is -2.56. The van der Waals surface area contributed by atoms with Crippen LogP contribution in [0.3, 0.4) is 0 Å². The molecule has 0 bridgehead atoms. The summed E-state index contributed by atoms with van der Waals surface area (Å²) in [5.74, 6) is -0.271. The number of nitrogens with one attached hydrogen (secondary N) is 1. The minimum absolute atomic E-state index is 0.0618. The molecule has 2 heterocycles. The van der Waals surface area contributed by atoms with Crippen molar-refractivity contribution in [1.29, 1.82) is 0 Å². The van der Waals surface area contributed by atoms with Crippen molar-refractivity contribution in [3.63, 3.8) is 0 Å². The second-order valence-corrected chi connectivity index (χ2v) is 6.88. The zero-order chi connectivity index (χ0) is 18.5. The van der Waals surface area contributed by atoms with Crippen LogP contribution in [-0.4, -0.2) is 66.5 Å². The van der Waals surface area contributed by atoms with E-state index in [9.17, 15) is 14.0 Å². The Balaban J connectivity index is 1.43. The van der Waals surface area contributed by atoms with Gasteiger partial charge in [-0.1, -0.05) is 12.1 Å². The van der Waals surface area contributed by atoms with E-state index in [0.717, 1.165) is 18.4 Å². The molecule has 2 aliphatic heterocycles. The molecule has 142 valence electrons. The predicted molar refractivity (Wildman–Crippen MR) is 94.8 cm³/mol. The number of ether oxygens (including phenoxy) is 1. The number of benzene rings is 1. The normalized spacial score (nSPS) is 22.2. The van der Waals surface area contributed by atoms with Gasteiger partial charge in [-0.25, -0.2) is 4.39 Å². The van der Waals surface area contributed by atoms with Gasteiger partial charge in [-0.3, -0.25) is 14.5 Å². The zero-order valence-corrected chi connectivity index (χ0v) is 15.1.